The standard InChI is InChI=1S/C27H34N2O5/c1-5-17-33-21-11-7-19(8-12-21)24-23(26(31)27(32)29(24)16-15-28(3)4)25(30)20-9-13-22(14-10-20)34-18-6-2/h7-14,24,30H,5-6,15-18H2,1-4H3/t24-/m1/s1. The molecular formula is C27H34N2O5. The minimum atomic E-state index is -0.684. The lowest BCUT2D eigenvalue weighted by atomic mass is 9.95. The van der Waals surface area contributed by atoms with Gasteiger partial charge in [-0.15, -0.1) is 0 Å². The molecule has 1 fully saturated rings. The van der Waals surface area contributed by atoms with Crippen LogP contribution in [0.15, 0.2) is 54.1 Å². The molecule has 1 amide bonds. The SMILES string of the molecule is CCCOc1ccc(C(O)=C2C(=O)C(=O)N(CCN(C)C)[C@@H]2c2ccc(OCCC)cc2)cc1. The van der Waals surface area contributed by atoms with Gasteiger partial charge < -0.3 is 24.4 Å². The molecule has 0 bridgehead atoms. The molecule has 1 aliphatic rings. The molecule has 1 atom stereocenters. The van der Waals surface area contributed by atoms with Crippen molar-refractivity contribution in [1.29, 1.82) is 0 Å². The third-order valence-corrected chi connectivity index (χ3v) is 5.60. The largest absolute Gasteiger partial charge is 0.507 e. The molecule has 0 saturated carbocycles. The summed E-state index contributed by atoms with van der Waals surface area (Å²) >= 11 is 0. The molecule has 1 saturated heterocycles. The van der Waals surface area contributed by atoms with E-state index in [1.807, 2.05) is 57.1 Å². The van der Waals surface area contributed by atoms with Gasteiger partial charge in [0.05, 0.1) is 24.8 Å². The van der Waals surface area contributed by atoms with E-state index in [0.29, 0.717) is 37.6 Å². The first kappa shape index (κ1) is 25.3. The van der Waals surface area contributed by atoms with Crippen molar-refractivity contribution in [1.82, 2.24) is 9.80 Å². The number of nitrogens with zero attached hydrogens (tertiary/aromatic N) is 2. The fraction of sp³-hybridized carbons (Fsp3) is 0.407. The number of ether oxygens (including phenoxy) is 2. The first-order valence-corrected chi connectivity index (χ1v) is 11.8. The van der Waals surface area contributed by atoms with E-state index in [1.165, 1.54) is 4.90 Å². The van der Waals surface area contributed by atoms with Gasteiger partial charge in [0.25, 0.3) is 11.7 Å². The molecule has 7 nitrogen and oxygen atoms in total. The van der Waals surface area contributed by atoms with Crippen molar-refractivity contribution in [2.45, 2.75) is 32.7 Å². The number of rotatable bonds is 11. The third-order valence-electron chi connectivity index (χ3n) is 5.60. The Balaban J connectivity index is 2.01. The first-order valence-electron chi connectivity index (χ1n) is 11.8. The molecule has 1 N–H and O–H groups in total. The van der Waals surface area contributed by atoms with E-state index in [-0.39, 0.29) is 11.3 Å². The number of aliphatic hydroxyl groups excluding tert-OH is 1. The summed E-state index contributed by atoms with van der Waals surface area (Å²) in [4.78, 5) is 29.6. The fourth-order valence-electron chi connectivity index (χ4n) is 3.82. The predicted molar refractivity (Wildman–Crippen MR) is 132 cm³/mol. The Hall–Kier alpha value is -3.32. The molecule has 0 aliphatic carbocycles. The summed E-state index contributed by atoms with van der Waals surface area (Å²) in [5.41, 5.74) is 1.29. The van der Waals surface area contributed by atoms with Crippen LogP contribution in [-0.2, 0) is 9.59 Å². The Morgan fingerprint density at radius 1 is 0.912 bits per heavy atom. The van der Waals surface area contributed by atoms with Gasteiger partial charge in [0.15, 0.2) is 0 Å². The van der Waals surface area contributed by atoms with Crippen LogP contribution in [0.2, 0.25) is 0 Å². The molecule has 34 heavy (non-hydrogen) atoms. The van der Waals surface area contributed by atoms with E-state index >= 15 is 0 Å². The lowest BCUT2D eigenvalue weighted by Gasteiger charge is -2.26. The monoisotopic (exact) mass is 466 g/mol. The summed E-state index contributed by atoms with van der Waals surface area (Å²) in [6, 6.07) is 13.6. The van der Waals surface area contributed by atoms with Crippen molar-refractivity contribution in [3.05, 3.63) is 65.2 Å². The van der Waals surface area contributed by atoms with Crippen LogP contribution in [0.5, 0.6) is 11.5 Å². The van der Waals surface area contributed by atoms with Gasteiger partial charge in [-0.3, -0.25) is 9.59 Å². The smallest absolute Gasteiger partial charge is 0.295 e. The van der Waals surface area contributed by atoms with Crippen molar-refractivity contribution in [3.8, 4) is 11.5 Å². The van der Waals surface area contributed by atoms with Gasteiger partial charge in [-0.2, -0.15) is 0 Å². The lowest BCUT2D eigenvalue weighted by Crippen LogP contribution is -2.35. The molecule has 182 valence electrons. The minimum Gasteiger partial charge on any atom is -0.507 e. The van der Waals surface area contributed by atoms with E-state index in [4.69, 9.17) is 9.47 Å². The van der Waals surface area contributed by atoms with Gasteiger partial charge in [-0.1, -0.05) is 26.0 Å². The number of carbonyl (C=O) groups excluding carboxylic acids is 2. The number of amides is 1. The Morgan fingerprint density at radius 2 is 1.44 bits per heavy atom. The van der Waals surface area contributed by atoms with Crippen LogP contribution in [0.3, 0.4) is 0 Å². The van der Waals surface area contributed by atoms with Gasteiger partial charge in [-0.25, -0.2) is 0 Å². The number of likely N-dealkylation sites (tertiary alicyclic amines) is 1. The number of likely N-dealkylation sites (N-methyl/N-ethyl adjacent to an activating group) is 1. The van der Waals surface area contributed by atoms with Crippen molar-refractivity contribution in [3.63, 3.8) is 0 Å². The van der Waals surface area contributed by atoms with Crippen molar-refractivity contribution >= 4 is 17.4 Å². The molecular weight excluding hydrogens is 432 g/mol. The number of aliphatic hydroxyl groups is 1. The summed E-state index contributed by atoms with van der Waals surface area (Å²) in [5.74, 6) is -0.0758. The molecule has 1 heterocycles. The summed E-state index contributed by atoms with van der Waals surface area (Å²) in [6.45, 7) is 6.22. The average Bonchev–Trinajstić information content (AvgIpc) is 3.10. The van der Waals surface area contributed by atoms with Gasteiger partial charge in [0.2, 0.25) is 0 Å². The van der Waals surface area contributed by atoms with Crippen LogP contribution < -0.4 is 9.47 Å². The fourth-order valence-corrected chi connectivity index (χ4v) is 3.82. The van der Waals surface area contributed by atoms with Crippen LogP contribution in [0.1, 0.15) is 43.9 Å². The zero-order valence-corrected chi connectivity index (χ0v) is 20.4. The van der Waals surface area contributed by atoms with Gasteiger partial charge >= 0.3 is 0 Å². The zero-order valence-electron chi connectivity index (χ0n) is 20.4. The Bertz CT molecular complexity index is 1010. The Labute approximate surface area is 201 Å². The number of carbonyl (C=O) groups is 2. The minimum absolute atomic E-state index is 0.0909. The van der Waals surface area contributed by atoms with Crippen molar-refractivity contribution in [2.24, 2.45) is 0 Å². The molecule has 0 unspecified atom stereocenters. The van der Waals surface area contributed by atoms with E-state index in [0.717, 1.165) is 24.2 Å². The zero-order chi connectivity index (χ0) is 24.7. The number of hydrogen-bond donors (Lipinski definition) is 1. The lowest BCUT2D eigenvalue weighted by molar-refractivity contribution is -0.140. The highest BCUT2D eigenvalue weighted by Gasteiger charge is 2.45. The van der Waals surface area contributed by atoms with E-state index in [1.54, 1.807) is 24.3 Å². The maximum absolute atomic E-state index is 13.1. The Kier molecular flexibility index (Phi) is 8.71. The number of hydrogen-bond acceptors (Lipinski definition) is 6. The highest BCUT2D eigenvalue weighted by Crippen LogP contribution is 2.39. The number of ketones is 1. The maximum Gasteiger partial charge on any atom is 0.295 e. The summed E-state index contributed by atoms with van der Waals surface area (Å²) in [6.07, 6.45) is 1.79. The normalized spacial score (nSPS) is 17.4. The molecule has 2 aromatic carbocycles. The average molecular weight is 467 g/mol. The second-order valence-corrected chi connectivity index (χ2v) is 8.59. The molecule has 1 aliphatic heterocycles. The van der Waals surface area contributed by atoms with Gasteiger partial charge in [-0.05, 0) is 68.9 Å². The van der Waals surface area contributed by atoms with Gasteiger partial charge in [0.1, 0.15) is 17.3 Å². The predicted octanol–water partition coefficient (Wildman–Crippen LogP) is 4.25. The topological polar surface area (TPSA) is 79.3 Å². The van der Waals surface area contributed by atoms with E-state index in [2.05, 4.69) is 0 Å². The van der Waals surface area contributed by atoms with E-state index in [9.17, 15) is 14.7 Å². The van der Waals surface area contributed by atoms with Crippen LogP contribution in [-0.4, -0.2) is 67.0 Å². The first-order chi connectivity index (χ1) is 16.4. The molecule has 0 radical (unpaired) electrons. The maximum atomic E-state index is 13.1. The summed E-state index contributed by atoms with van der Waals surface area (Å²) in [5, 5.41) is 11.2. The third kappa shape index (κ3) is 5.78. The molecule has 3 rings (SSSR count). The van der Waals surface area contributed by atoms with Crippen molar-refractivity contribution < 1.29 is 24.2 Å². The number of benzene rings is 2. The summed E-state index contributed by atoms with van der Waals surface area (Å²) < 4.78 is 11.3. The Morgan fingerprint density at radius 3 is 1.94 bits per heavy atom. The highest BCUT2D eigenvalue weighted by atomic mass is 16.5. The van der Waals surface area contributed by atoms with Crippen LogP contribution in [0.4, 0.5) is 0 Å². The second kappa shape index (κ2) is 11.7. The molecule has 7 heteroatoms. The number of Topliss-reactive ketones (excluding diaryl/α,β-unsaturated/α-hetero) is 1. The van der Waals surface area contributed by atoms with Crippen LogP contribution in [0, 0.1) is 0 Å². The van der Waals surface area contributed by atoms with Crippen LogP contribution >= 0.6 is 0 Å². The summed E-state index contributed by atoms with van der Waals surface area (Å²) in [7, 11) is 3.82. The quantitative estimate of drug-likeness (QED) is 0.303. The van der Waals surface area contributed by atoms with Crippen molar-refractivity contribution in [2.75, 3.05) is 40.4 Å². The second-order valence-electron chi connectivity index (χ2n) is 8.59. The van der Waals surface area contributed by atoms with E-state index < -0.39 is 17.7 Å². The van der Waals surface area contributed by atoms with Crippen LogP contribution in [0.25, 0.3) is 5.76 Å². The van der Waals surface area contributed by atoms with Gasteiger partial charge in [0, 0.05) is 18.7 Å². The molecule has 0 spiro atoms. The molecule has 2 aromatic rings. The molecule has 0 aromatic heterocycles. The highest BCUT2D eigenvalue weighted by molar-refractivity contribution is 6.46.